The molecule has 2 aromatic carbocycles. The van der Waals surface area contributed by atoms with Gasteiger partial charge in [-0.3, -0.25) is 24.2 Å². The van der Waals surface area contributed by atoms with Crippen molar-refractivity contribution in [2.24, 2.45) is 0 Å². The molecule has 0 aliphatic carbocycles. The summed E-state index contributed by atoms with van der Waals surface area (Å²) in [5.74, 6) is -0.337. The molecule has 0 aromatic heterocycles. The molecule has 34 heavy (non-hydrogen) atoms. The summed E-state index contributed by atoms with van der Waals surface area (Å²) in [6.45, 7) is 2.74. The van der Waals surface area contributed by atoms with E-state index in [1.807, 2.05) is 12.1 Å². The minimum Gasteiger partial charge on any atom is -0.488 e. The summed E-state index contributed by atoms with van der Waals surface area (Å²) in [5, 5.41) is 9.94. The van der Waals surface area contributed by atoms with Crippen LogP contribution in [0.3, 0.4) is 0 Å². The molecule has 5 rings (SSSR count). The van der Waals surface area contributed by atoms with Crippen LogP contribution in [0.2, 0.25) is 0 Å². The van der Waals surface area contributed by atoms with E-state index in [4.69, 9.17) is 4.74 Å². The molecule has 2 aromatic rings. The van der Waals surface area contributed by atoms with E-state index in [1.54, 1.807) is 35.2 Å². The van der Waals surface area contributed by atoms with Crippen LogP contribution in [-0.4, -0.2) is 75.9 Å². The minimum absolute atomic E-state index is 0.0123. The van der Waals surface area contributed by atoms with Crippen LogP contribution in [0.15, 0.2) is 42.5 Å². The van der Waals surface area contributed by atoms with Gasteiger partial charge in [-0.15, -0.1) is 0 Å². The van der Waals surface area contributed by atoms with E-state index in [9.17, 15) is 24.3 Å². The van der Waals surface area contributed by atoms with Crippen molar-refractivity contribution >= 4 is 23.8 Å². The van der Waals surface area contributed by atoms with E-state index >= 15 is 0 Å². The van der Waals surface area contributed by atoms with E-state index in [2.05, 4.69) is 0 Å². The molecular formula is C25H25N3O6. The van der Waals surface area contributed by atoms with Gasteiger partial charge in [0.1, 0.15) is 11.9 Å². The maximum atomic E-state index is 13.0. The lowest BCUT2D eigenvalue weighted by Crippen LogP contribution is -2.46. The Kier molecular flexibility index (Phi) is 5.47. The molecule has 9 heteroatoms. The van der Waals surface area contributed by atoms with Gasteiger partial charge in [0.15, 0.2) is 0 Å². The molecule has 0 unspecified atom stereocenters. The monoisotopic (exact) mass is 463 g/mol. The number of carbonyl (C=O) groups is 4. The number of benzene rings is 2. The van der Waals surface area contributed by atoms with Crippen LogP contribution >= 0.6 is 0 Å². The Morgan fingerprint density at radius 1 is 1.03 bits per heavy atom. The van der Waals surface area contributed by atoms with Crippen LogP contribution in [0.25, 0.3) is 0 Å². The van der Waals surface area contributed by atoms with Gasteiger partial charge in [-0.1, -0.05) is 24.3 Å². The van der Waals surface area contributed by atoms with Crippen LogP contribution in [0, 0.1) is 0 Å². The lowest BCUT2D eigenvalue weighted by atomic mass is 9.91. The number of amides is 4. The number of fused-ring (bicyclic) bond motifs is 2. The Balaban J connectivity index is 1.48. The number of carbonyl (C=O) groups excluding carboxylic acids is 3. The second-order valence-corrected chi connectivity index (χ2v) is 8.83. The van der Waals surface area contributed by atoms with Crippen LogP contribution in [-0.2, 0) is 11.2 Å². The number of hydrogen-bond acceptors (Lipinski definition) is 5. The third-order valence-electron chi connectivity index (χ3n) is 6.85. The van der Waals surface area contributed by atoms with Crippen molar-refractivity contribution in [3.8, 4) is 5.75 Å². The zero-order valence-electron chi connectivity index (χ0n) is 18.8. The van der Waals surface area contributed by atoms with Gasteiger partial charge < -0.3 is 14.7 Å². The third kappa shape index (κ3) is 3.67. The highest BCUT2D eigenvalue weighted by Gasteiger charge is 2.41. The fourth-order valence-electron chi connectivity index (χ4n) is 5.13. The maximum absolute atomic E-state index is 13.0. The highest BCUT2D eigenvalue weighted by molar-refractivity contribution is 6.21. The van der Waals surface area contributed by atoms with Gasteiger partial charge in [0.05, 0.1) is 30.3 Å². The zero-order valence-corrected chi connectivity index (χ0v) is 18.8. The summed E-state index contributed by atoms with van der Waals surface area (Å²) in [6, 6.07) is 11.4. The molecular weight excluding hydrogens is 438 g/mol. The average molecular weight is 463 g/mol. The molecule has 1 fully saturated rings. The van der Waals surface area contributed by atoms with Gasteiger partial charge in [-0.2, -0.15) is 0 Å². The molecule has 0 saturated carbocycles. The standard InChI is InChI=1S/C25H25N3O6/c1-15(29)26-11-10-17(13-26)34-21-8-4-5-16-9-12-27(25(32)33)20(22(16)21)14-28-23(30)18-6-2-3-7-19(18)24(28)31/h2-8,17,20H,9-14H2,1H3,(H,32,33)/t17-,20+/m0/s1. The second-order valence-electron chi connectivity index (χ2n) is 8.83. The fourth-order valence-corrected chi connectivity index (χ4v) is 5.13. The van der Waals surface area contributed by atoms with Gasteiger partial charge in [0.25, 0.3) is 11.8 Å². The SMILES string of the molecule is CC(=O)N1CC[C@H](Oc2cccc3c2[C@@H](CN2C(=O)c4ccccc4C2=O)N(C(=O)O)CC3)C1. The Morgan fingerprint density at radius 3 is 2.35 bits per heavy atom. The Hall–Kier alpha value is -3.88. The van der Waals surface area contributed by atoms with Crippen LogP contribution in [0.5, 0.6) is 5.75 Å². The maximum Gasteiger partial charge on any atom is 0.407 e. The first-order valence-corrected chi connectivity index (χ1v) is 11.3. The fraction of sp³-hybridized carbons (Fsp3) is 0.360. The topological polar surface area (TPSA) is 107 Å². The predicted octanol–water partition coefficient (Wildman–Crippen LogP) is 2.56. The molecule has 3 aliphatic heterocycles. The zero-order chi connectivity index (χ0) is 24.0. The predicted molar refractivity (Wildman–Crippen MR) is 121 cm³/mol. The molecule has 3 aliphatic rings. The second kappa shape index (κ2) is 8.48. The van der Waals surface area contributed by atoms with Gasteiger partial charge in [0.2, 0.25) is 5.91 Å². The van der Waals surface area contributed by atoms with E-state index in [-0.39, 0.29) is 25.1 Å². The summed E-state index contributed by atoms with van der Waals surface area (Å²) in [4.78, 5) is 54.0. The number of hydrogen-bond donors (Lipinski definition) is 1. The smallest absolute Gasteiger partial charge is 0.407 e. The van der Waals surface area contributed by atoms with E-state index in [0.717, 1.165) is 10.5 Å². The number of carboxylic acid groups (broad SMARTS) is 1. The molecule has 4 amide bonds. The van der Waals surface area contributed by atoms with Gasteiger partial charge in [0, 0.05) is 32.0 Å². The molecule has 0 radical (unpaired) electrons. The number of rotatable bonds is 4. The number of nitrogens with zero attached hydrogens (tertiary/aromatic N) is 3. The molecule has 2 atom stereocenters. The third-order valence-corrected chi connectivity index (χ3v) is 6.85. The van der Waals surface area contributed by atoms with Crippen molar-refractivity contribution in [2.75, 3.05) is 26.2 Å². The normalized spacial score (nSPS) is 21.5. The van der Waals surface area contributed by atoms with Crippen LogP contribution in [0.4, 0.5) is 4.79 Å². The van der Waals surface area contributed by atoms with Crippen molar-refractivity contribution in [3.05, 3.63) is 64.7 Å². The summed E-state index contributed by atoms with van der Waals surface area (Å²) in [5.41, 5.74) is 2.25. The number of likely N-dealkylation sites (tertiary alicyclic amines) is 1. The van der Waals surface area contributed by atoms with Crippen molar-refractivity contribution in [1.29, 1.82) is 0 Å². The largest absolute Gasteiger partial charge is 0.488 e. The average Bonchev–Trinajstić information content (AvgIpc) is 3.38. The summed E-state index contributed by atoms with van der Waals surface area (Å²) in [6.07, 6.45) is -0.155. The molecule has 176 valence electrons. The lowest BCUT2D eigenvalue weighted by Gasteiger charge is -2.38. The van der Waals surface area contributed by atoms with Crippen molar-refractivity contribution < 1.29 is 29.0 Å². The number of ether oxygens (including phenoxy) is 1. The van der Waals surface area contributed by atoms with Gasteiger partial charge in [-0.25, -0.2) is 4.79 Å². The summed E-state index contributed by atoms with van der Waals surface area (Å²) >= 11 is 0. The highest BCUT2D eigenvalue weighted by atomic mass is 16.5. The molecule has 0 bridgehead atoms. The quantitative estimate of drug-likeness (QED) is 0.699. The van der Waals surface area contributed by atoms with Crippen LogP contribution in [0.1, 0.15) is 51.2 Å². The first kappa shape index (κ1) is 21.9. The molecule has 0 spiro atoms. The first-order valence-electron chi connectivity index (χ1n) is 11.3. The number of imide groups is 1. The first-order chi connectivity index (χ1) is 16.3. The molecule has 1 N–H and O–H groups in total. The minimum atomic E-state index is -1.12. The van der Waals surface area contributed by atoms with E-state index in [1.165, 1.54) is 11.8 Å². The highest BCUT2D eigenvalue weighted by Crippen LogP contribution is 2.39. The van der Waals surface area contributed by atoms with Crippen molar-refractivity contribution in [1.82, 2.24) is 14.7 Å². The van der Waals surface area contributed by atoms with Crippen molar-refractivity contribution in [2.45, 2.75) is 31.9 Å². The van der Waals surface area contributed by atoms with Gasteiger partial charge >= 0.3 is 6.09 Å². The Morgan fingerprint density at radius 2 is 1.74 bits per heavy atom. The van der Waals surface area contributed by atoms with E-state index < -0.39 is 23.9 Å². The Labute approximate surface area is 196 Å². The van der Waals surface area contributed by atoms with Crippen molar-refractivity contribution in [3.63, 3.8) is 0 Å². The molecule has 9 nitrogen and oxygen atoms in total. The van der Waals surface area contributed by atoms with Gasteiger partial charge in [-0.05, 0) is 30.2 Å². The summed E-state index contributed by atoms with van der Waals surface area (Å²) in [7, 11) is 0. The lowest BCUT2D eigenvalue weighted by molar-refractivity contribution is -0.128. The molecule has 1 saturated heterocycles. The van der Waals surface area contributed by atoms with E-state index in [0.29, 0.717) is 48.4 Å². The Bertz CT molecular complexity index is 1160. The molecule has 3 heterocycles. The summed E-state index contributed by atoms with van der Waals surface area (Å²) < 4.78 is 6.29. The van der Waals surface area contributed by atoms with Crippen LogP contribution < -0.4 is 4.74 Å².